The van der Waals surface area contributed by atoms with Gasteiger partial charge in [0.15, 0.2) is 0 Å². The fraction of sp³-hybridized carbons (Fsp3) is 0.909. The number of carbonyl (C=O) groups excluding carboxylic acids is 1. The molecule has 0 radical (unpaired) electrons. The first-order chi connectivity index (χ1) is 7.27. The molecule has 0 aromatic carbocycles. The van der Waals surface area contributed by atoms with Gasteiger partial charge in [0.25, 0.3) is 0 Å². The molecule has 2 atom stereocenters. The van der Waals surface area contributed by atoms with Crippen molar-refractivity contribution in [2.24, 2.45) is 11.7 Å². The van der Waals surface area contributed by atoms with Gasteiger partial charge in [0.05, 0.1) is 0 Å². The average Bonchev–Trinajstić information content (AvgIpc) is 2.65. The van der Waals surface area contributed by atoms with Crippen LogP contribution in [-0.4, -0.2) is 30.5 Å². The summed E-state index contributed by atoms with van der Waals surface area (Å²) in [4.78, 5) is 11.6. The van der Waals surface area contributed by atoms with Crippen LogP contribution in [0.5, 0.6) is 0 Å². The summed E-state index contributed by atoms with van der Waals surface area (Å²) in [6.45, 7) is 0.704. The first-order valence-electron chi connectivity index (χ1n) is 5.76. The van der Waals surface area contributed by atoms with Gasteiger partial charge in [-0.15, -0.1) is 12.4 Å². The number of nitrogens with two attached hydrogens (primary N) is 1. The maximum absolute atomic E-state index is 11.6. The molecule has 1 amide bonds. The highest BCUT2D eigenvalue weighted by Gasteiger charge is 2.26. The Morgan fingerprint density at radius 3 is 2.88 bits per heavy atom. The lowest BCUT2D eigenvalue weighted by Gasteiger charge is -2.19. The minimum absolute atomic E-state index is 0. The smallest absolute Gasteiger partial charge is 0.220 e. The fourth-order valence-corrected chi connectivity index (χ4v) is 2.60. The molecule has 1 aliphatic rings. The van der Waals surface area contributed by atoms with Crippen molar-refractivity contribution in [2.75, 3.05) is 18.6 Å². The Hall–Kier alpha value is 0.0700. The van der Waals surface area contributed by atoms with Crippen molar-refractivity contribution in [3.63, 3.8) is 0 Å². The number of nitrogens with one attached hydrogen (secondary N) is 1. The van der Waals surface area contributed by atoms with Crippen LogP contribution in [0.25, 0.3) is 0 Å². The van der Waals surface area contributed by atoms with E-state index in [1.54, 1.807) is 11.8 Å². The van der Waals surface area contributed by atoms with Gasteiger partial charge in [-0.25, -0.2) is 0 Å². The van der Waals surface area contributed by atoms with E-state index in [2.05, 4.69) is 11.6 Å². The summed E-state index contributed by atoms with van der Waals surface area (Å²) >= 11 is 1.79. The maximum Gasteiger partial charge on any atom is 0.220 e. The SMILES string of the molecule is CSCCCC(=O)NC1CCCC1CN.Cl. The molecule has 0 bridgehead atoms. The second-order valence-corrected chi connectivity index (χ2v) is 5.18. The van der Waals surface area contributed by atoms with Crippen LogP contribution in [0.15, 0.2) is 0 Å². The third-order valence-corrected chi connectivity index (χ3v) is 3.76. The number of hydrogen-bond donors (Lipinski definition) is 2. The van der Waals surface area contributed by atoms with Gasteiger partial charge >= 0.3 is 0 Å². The fourth-order valence-electron chi connectivity index (χ4n) is 2.16. The van der Waals surface area contributed by atoms with E-state index in [4.69, 9.17) is 5.73 Å². The summed E-state index contributed by atoms with van der Waals surface area (Å²) in [7, 11) is 0. The molecule has 96 valence electrons. The summed E-state index contributed by atoms with van der Waals surface area (Å²) in [5.74, 6) is 1.78. The molecule has 0 spiro atoms. The molecule has 1 fully saturated rings. The van der Waals surface area contributed by atoms with E-state index in [9.17, 15) is 4.79 Å². The first-order valence-corrected chi connectivity index (χ1v) is 7.15. The number of carbonyl (C=O) groups is 1. The minimum atomic E-state index is 0. The molecule has 5 heteroatoms. The van der Waals surface area contributed by atoms with E-state index in [0.717, 1.165) is 18.6 Å². The number of thioether (sulfide) groups is 1. The van der Waals surface area contributed by atoms with Gasteiger partial charge in [-0.05, 0) is 43.7 Å². The van der Waals surface area contributed by atoms with Gasteiger partial charge in [-0.2, -0.15) is 11.8 Å². The zero-order valence-electron chi connectivity index (χ0n) is 9.91. The Bertz CT molecular complexity index is 204. The summed E-state index contributed by atoms with van der Waals surface area (Å²) < 4.78 is 0. The number of rotatable bonds is 6. The summed E-state index contributed by atoms with van der Waals surface area (Å²) in [5, 5.41) is 3.11. The first kappa shape index (κ1) is 16.1. The van der Waals surface area contributed by atoms with Crippen molar-refractivity contribution in [1.29, 1.82) is 0 Å². The molecule has 3 N–H and O–H groups in total. The largest absolute Gasteiger partial charge is 0.353 e. The monoisotopic (exact) mass is 266 g/mol. The van der Waals surface area contributed by atoms with Gasteiger partial charge in [0.2, 0.25) is 5.91 Å². The van der Waals surface area contributed by atoms with Crippen LogP contribution in [0.4, 0.5) is 0 Å². The Balaban J connectivity index is 0.00000225. The number of halogens is 1. The van der Waals surface area contributed by atoms with Gasteiger partial charge in [0, 0.05) is 12.5 Å². The predicted octanol–water partition coefficient (Wildman–Crippen LogP) is 1.79. The molecule has 2 unspecified atom stereocenters. The molecule has 16 heavy (non-hydrogen) atoms. The lowest BCUT2D eigenvalue weighted by molar-refractivity contribution is -0.122. The Morgan fingerprint density at radius 2 is 2.25 bits per heavy atom. The summed E-state index contributed by atoms with van der Waals surface area (Å²) in [6, 6.07) is 0.344. The Morgan fingerprint density at radius 1 is 1.50 bits per heavy atom. The highest BCUT2D eigenvalue weighted by atomic mass is 35.5. The molecule has 0 aliphatic heterocycles. The molecule has 0 aromatic rings. The van der Waals surface area contributed by atoms with Crippen molar-refractivity contribution < 1.29 is 4.79 Å². The van der Waals surface area contributed by atoms with Gasteiger partial charge in [0.1, 0.15) is 0 Å². The van der Waals surface area contributed by atoms with Crippen LogP contribution >= 0.6 is 24.2 Å². The summed E-state index contributed by atoms with van der Waals surface area (Å²) in [6.07, 6.45) is 7.20. The molecular formula is C11H23ClN2OS. The Kier molecular flexibility index (Phi) is 9.18. The van der Waals surface area contributed by atoms with Crippen molar-refractivity contribution in [3.8, 4) is 0 Å². The second kappa shape index (κ2) is 9.14. The van der Waals surface area contributed by atoms with Crippen molar-refractivity contribution in [1.82, 2.24) is 5.32 Å². The zero-order chi connectivity index (χ0) is 11.1. The molecule has 1 rings (SSSR count). The molecular weight excluding hydrogens is 244 g/mol. The summed E-state index contributed by atoms with van der Waals surface area (Å²) in [5.41, 5.74) is 5.67. The van der Waals surface area contributed by atoms with Crippen molar-refractivity contribution >= 4 is 30.1 Å². The van der Waals surface area contributed by atoms with Gasteiger partial charge < -0.3 is 11.1 Å². The van der Waals surface area contributed by atoms with E-state index in [1.165, 1.54) is 12.8 Å². The molecule has 1 saturated carbocycles. The van der Waals surface area contributed by atoms with Gasteiger partial charge in [-0.3, -0.25) is 4.79 Å². The quantitative estimate of drug-likeness (QED) is 0.721. The van der Waals surface area contributed by atoms with Crippen LogP contribution in [-0.2, 0) is 4.79 Å². The third-order valence-electron chi connectivity index (χ3n) is 3.06. The maximum atomic E-state index is 11.6. The van der Waals surface area contributed by atoms with Crippen LogP contribution in [0, 0.1) is 5.92 Å². The Labute approximate surface area is 109 Å². The lowest BCUT2D eigenvalue weighted by atomic mass is 10.0. The minimum Gasteiger partial charge on any atom is -0.353 e. The standard InChI is InChI=1S/C11H22N2OS.ClH/c1-15-7-3-6-11(14)13-10-5-2-4-9(10)8-12;/h9-10H,2-8,12H2,1H3,(H,13,14);1H. The second-order valence-electron chi connectivity index (χ2n) is 4.20. The molecule has 3 nitrogen and oxygen atoms in total. The van der Waals surface area contributed by atoms with E-state index in [0.29, 0.717) is 24.9 Å². The molecule has 0 aromatic heterocycles. The zero-order valence-corrected chi connectivity index (χ0v) is 11.5. The average molecular weight is 267 g/mol. The third kappa shape index (κ3) is 5.41. The van der Waals surface area contributed by atoms with Crippen LogP contribution < -0.4 is 11.1 Å². The van der Waals surface area contributed by atoms with E-state index in [-0.39, 0.29) is 18.3 Å². The molecule has 1 aliphatic carbocycles. The van der Waals surface area contributed by atoms with E-state index in [1.807, 2.05) is 0 Å². The predicted molar refractivity (Wildman–Crippen MR) is 73.2 cm³/mol. The topological polar surface area (TPSA) is 55.1 Å². The normalized spacial score (nSPS) is 23.9. The van der Waals surface area contributed by atoms with E-state index < -0.39 is 0 Å². The molecule has 0 saturated heterocycles. The lowest BCUT2D eigenvalue weighted by Crippen LogP contribution is -2.39. The number of hydrogen-bond acceptors (Lipinski definition) is 3. The van der Waals surface area contributed by atoms with Crippen molar-refractivity contribution in [2.45, 2.75) is 38.1 Å². The van der Waals surface area contributed by atoms with Crippen molar-refractivity contribution in [3.05, 3.63) is 0 Å². The van der Waals surface area contributed by atoms with Crippen LogP contribution in [0.3, 0.4) is 0 Å². The highest BCUT2D eigenvalue weighted by molar-refractivity contribution is 7.98. The molecule has 0 heterocycles. The van der Waals surface area contributed by atoms with Crippen LogP contribution in [0.2, 0.25) is 0 Å². The van der Waals surface area contributed by atoms with Crippen LogP contribution in [0.1, 0.15) is 32.1 Å². The van der Waals surface area contributed by atoms with Gasteiger partial charge in [-0.1, -0.05) is 6.42 Å². The highest BCUT2D eigenvalue weighted by Crippen LogP contribution is 2.24. The van der Waals surface area contributed by atoms with E-state index >= 15 is 0 Å². The number of amides is 1.